The number of aromatic nitrogens is 5. The Bertz CT molecular complexity index is 1320. The van der Waals surface area contributed by atoms with Gasteiger partial charge in [-0.25, -0.2) is 9.50 Å². The van der Waals surface area contributed by atoms with Crippen LogP contribution >= 0.6 is 0 Å². The Morgan fingerprint density at radius 2 is 2.12 bits per heavy atom. The zero-order valence-electron chi connectivity index (χ0n) is 18.1. The number of pyridine rings is 3. The number of nitrogens with two attached hydrogens (primary N) is 1. The average Bonchev–Trinajstić information content (AvgIpc) is 3.59. The van der Waals surface area contributed by atoms with Gasteiger partial charge in [0.1, 0.15) is 17.0 Å². The number of ether oxygens (including phenoxy) is 2. The third-order valence-electron chi connectivity index (χ3n) is 5.41. The minimum atomic E-state index is -0.326. The maximum atomic E-state index is 13.0. The number of carbonyl (C=O) groups is 1. The summed E-state index contributed by atoms with van der Waals surface area (Å²) < 4.78 is 12.8. The van der Waals surface area contributed by atoms with E-state index in [1.807, 2.05) is 24.3 Å². The summed E-state index contributed by atoms with van der Waals surface area (Å²) in [5.41, 5.74) is 8.80. The van der Waals surface area contributed by atoms with Crippen molar-refractivity contribution >= 4 is 17.5 Å². The van der Waals surface area contributed by atoms with Gasteiger partial charge in [0.15, 0.2) is 5.65 Å². The minimum absolute atomic E-state index is 0.190. The second-order valence-electron chi connectivity index (χ2n) is 7.85. The van der Waals surface area contributed by atoms with Crippen LogP contribution in [0.3, 0.4) is 0 Å². The van der Waals surface area contributed by atoms with Gasteiger partial charge in [-0.1, -0.05) is 0 Å². The quantitative estimate of drug-likeness (QED) is 0.423. The first-order valence-electron chi connectivity index (χ1n) is 10.6. The van der Waals surface area contributed by atoms with E-state index < -0.39 is 0 Å². The normalized spacial score (nSPS) is 13.1. The molecule has 0 saturated heterocycles. The van der Waals surface area contributed by atoms with Gasteiger partial charge in [-0.05, 0) is 54.7 Å². The van der Waals surface area contributed by atoms with Gasteiger partial charge in [0.2, 0.25) is 11.8 Å². The largest absolute Gasteiger partial charge is 0.491 e. The van der Waals surface area contributed by atoms with Gasteiger partial charge in [0.25, 0.3) is 5.91 Å². The first kappa shape index (κ1) is 20.7. The second kappa shape index (κ2) is 8.73. The van der Waals surface area contributed by atoms with Crippen LogP contribution in [0.4, 0.5) is 5.95 Å². The van der Waals surface area contributed by atoms with Crippen LogP contribution in [0.1, 0.15) is 28.9 Å². The summed E-state index contributed by atoms with van der Waals surface area (Å²) >= 11 is 0. The van der Waals surface area contributed by atoms with E-state index >= 15 is 0 Å². The fourth-order valence-corrected chi connectivity index (χ4v) is 3.45. The summed E-state index contributed by atoms with van der Waals surface area (Å²) in [4.78, 5) is 25.9. The lowest BCUT2D eigenvalue weighted by molar-refractivity contribution is 0.0946. The molecule has 168 valence electrons. The Hall–Kier alpha value is -4.21. The summed E-state index contributed by atoms with van der Waals surface area (Å²) in [6.45, 7) is 0.895. The molecule has 4 aromatic rings. The highest BCUT2D eigenvalue weighted by atomic mass is 16.5. The molecule has 0 spiro atoms. The van der Waals surface area contributed by atoms with Crippen LogP contribution in [-0.2, 0) is 6.54 Å². The molecule has 10 nitrogen and oxygen atoms in total. The van der Waals surface area contributed by atoms with E-state index in [0.717, 1.165) is 11.1 Å². The van der Waals surface area contributed by atoms with Crippen molar-refractivity contribution in [2.75, 3.05) is 19.5 Å². The van der Waals surface area contributed by atoms with Crippen LogP contribution in [0.15, 0.2) is 48.9 Å². The van der Waals surface area contributed by atoms with Crippen LogP contribution in [0.25, 0.3) is 16.8 Å². The fourth-order valence-electron chi connectivity index (χ4n) is 3.45. The van der Waals surface area contributed by atoms with E-state index in [9.17, 15) is 4.79 Å². The lowest BCUT2D eigenvalue weighted by atomic mass is 10.1. The smallest absolute Gasteiger partial charge is 0.257 e. The number of nitrogens with one attached hydrogen (secondary N) is 1. The average molecular weight is 445 g/mol. The summed E-state index contributed by atoms with van der Waals surface area (Å²) in [6, 6.07) is 9.10. The summed E-state index contributed by atoms with van der Waals surface area (Å²) in [5.74, 6) is 1.40. The van der Waals surface area contributed by atoms with Crippen molar-refractivity contribution < 1.29 is 14.3 Å². The predicted octanol–water partition coefficient (Wildman–Crippen LogP) is 2.50. The molecule has 0 bridgehead atoms. The van der Waals surface area contributed by atoms with Gasteiger partial charge >= 0.3 is 0 Å². The van der Waals surface area contributed by atoms with Gasteiger partial charge < -0.3 is 20.5 Å². The first-order chi connectivity index (χ1) is 16.1. The van der Waals surface area contributed by atoms with Crippen LogP contribution in [0, 0.1) is 5.92 Å². The number of hydrogen-bond donors (Lipinski definition) is 2. The molecule has 0 unspecified atom stereocenters. The lowest BCUT2D eigenvalue weighted by Gasteiger charge is -2.13. The number of rotatable bonds is 8. The molecule has 33 heavy (non-hydrogen) atoms. The molecule has 1 fully saturated rings. The topological polar surface area (TPSA) is 130 Å². The Kier molecular flexibility index (Phi) is 5.47. The number of anilines is 1. The number of fused-ring (bicyclic) bond motifs is 1. The Morgan fingerprint density at radius 3 is 2.94 bits per heavy atom. The van der Waals surface area contributed by atoms with Gasteiger partial charge in [-0.3, -0.25) is 9.78 Å². The zero-order chi connectivity index (χ0) is 22.8. The first-order valence-corrected chi connectivity index (χ1v) is 10.6. The highest BCUT2D eigenvalue weighted by Gasteiger charge is 2.23. The molecule has 1 aliphatic rings. The van der Waals surface area contributed by atoms with E-state index in [4.69, 9.17) is 15.2 Å². The fraction of sp³-hybridized carbons (Fsp3) is 0.261. The van der Waals surface area contributed by atoms with Crippen molar-refractivity contribution in [2.24, 2.45) is 5.92 Å². The number of methoxy groups -OCH3 is 1. The van der Waals surface area contributed by atoms with E-state index in [2.05, 4.69) is 25.4 Å². The molecular weight excluding hydrogens is 422 g/mol. The minimum Gasteiger partial charge on any atom is -0.491 e. The lowest BCUT2D eigenvalue weighted by Crippen LogP contribution is -2.24. The Labute approximate surface area is 189 Å². The van der Waals surface area contributed by atoms with Gasteiger partial charge in [-0.2, -0.15) is 4.98 Å². The third-order valence-corrected chi connectivity index (χ3v) is 5.41. The summed E-state index contributed by atoms with van der Waals surface area (Å²) in [7, 11) is 1.48. The van der Waals surface area contributed by atoms with Crippen molar-refractivity contribution in [3.8, 4) is 22.8 Å². The second-order valence-corrected chi connectivity index (χ2v) is 7.85. The molecule has 0 aromatic carbocycles. The van der Waals surface area contributed by atoms with Crippen LogP contribution in [-0.4, -0.2) is 44.2 Å². The van der Waals surface area contributed by atoms with Crippen molar-refractivity contribution in [2.45, 2.75) is 19.4 Å². The molecule has 3 N–H and O–H groups in total. The zero-order valence-corrected chi connectivity index (χ0v) is 18.1. The maximum Gasteiger partial charge on any atom is 0.257 e. The van der Waals surface area contributed by atoms with Gasteiger partial charge in [0.05, 0.1) is 20.3 Å². The van der Waals surface area contributed by atoms with Crippen LogP contribution < -0.4 is 20.5 Å². The van der Waals surface area contributed by atoms with Gasteiger partial charge in [0, 0.05) is 24.2 Å². The van der Waals surface area contributed by atoms with E-state index in [-0.39, 0.29) is 24.3 Å². The third kappa shape index (κ3) is 4.54. The highest BCUT2D eigenvalue weighted by Crippen LogP contribution is 2.30. The summed E-state index contributed by atoms with van der Waals surface area (Å²) in [5, 5.41) is 6.98. The molecule has 4 aromatic heterocycles. The Balaban J connectivity index is 1.36. The maximum absolute atomic E-state index is 13.0. The monoisotopic (exact) mass is 445 g/mol. The summed E-state index contributed by atoms with van der Waals surface area (Å²) in [6.07, 6.45) is 7.48. The van der Waals surface area contributed by atoms with Crippen LogP contribution in [0.2, 0.25) is 0 Å². The van der Waals surface area contributed by atoms with E-state index in [0.29, 0.717) is 35.2 Å². The SMILES string of the molecule is COc1ncc(-c2ccn3nc(N)nc3c2)cc1C(=O)NCc1ncccc1OCC1CC1. The number of carbonyl (C=O) groups excluding carboxylic acids is 1. The predicted molar refractivity (Wildman–Crippen MR) is 121 cm³/mol. The van der Waals surface area contributed by atoms with E-state index in [1.54, 1.807) is 29.2 Å². The highest BCUT2D eigenvalue weighted by molar-refractivity contribution is 5.97. The van der Waals surface area contributed by atoms with Crippen LogP contribution in [0.5, 0.6) is 11.6 Å². The molecule has 4 heterocycles. The standard InChI is InChI=1S/C23H23N7O3/c1-32-22-17(9-16(11-27-22)15-6-8-30-20(10-15)28-23(24)29-30)21(31)26-12-18-19(3-2-7-25-18)33-13-14-4-5-14/h2-3,6-11,14H,4-5,12-13H2,1H3,(H2,24,29)(H,26,31). The molecule has 1 saturated carbocycles. The number of hydrogen-bond acceptors (Lipinski definition) is 8. The van der Waals surface area contributed by atoms with Gasteiger partial charge in [-0.15, -0.1) is 5.10 Å². The molecule has 10 heteroatoms. The molecule has 5 rings (SSSR count). The molecule has 0 aliphatic heterocycles. The van der Waals surface area contributed by atoms with Crippen molar-refractivity contribution in [1.82, 2.24) is 29.9 Å². The molecule has 1 amide bonds. The van der Waals surface area contributed by atoms with Crippen molar-refractivity contribution in [3.05, 3.63) is 60.2 Å². The van der Waals surface area contributed by atoms with E-state index in [1.165, 1.54) is 20.0 Å². The number of amides is 1. The molecule has 0 atom stereocenters. The number of nitrogen functional groups attached to an aromatic ring is 1. The molecule has 0 radical (unpaired) electrons. The number of nitrogens with zero attached hydrogens (tertiary/aromatic N) is 5. The Morgan fingerprint density at radius 1 is 1.24 bits per heavy atom. The van der Waals surface area contributed by atoms with Crippen molar-refractivity contribution in [3.63, 3.8) is 0 Å². The van der Waals surface area contributed by atoms with Crippen molar-refractivity contribution in [1.29, 1.82) is 0 Å². The molecular formula is C23H23N7O3. The molecule has 1 aliphatic carbocycles.